The van der Waals surface area contributed by atoms with Crippen LogP contribution < -0.4 is 10.1 Å². The van der Waals surface area contributed by atoms with E-state index in [2.05, 4.69) is 57.5 Å². The molecule has 5 heteroatoms. The SMILES string of the molecule is COc1cccc(C(C)Nc2cc(-c3ccc4cc[nH]c4c3)nc(C)n2)c1. The van der Waals surface area contributed by atoms with Crippen LogP contribution >= 0.6 is 0 Å². The van der Waals surface area contributed by atoms with Gasteiger partial charge in [0.05, 0.1) is 18.8 Å². The minimum Gasteiger partial charge on any atom is -0.497 e. The summed E-state index contributed by atoms with van der Waals surface area (Å²) in [5.74, 6) is 2.39. The van der Waals surface area contributed by atoms with Crippen LogP contribution in [0.4, 0.5) is 5.82 Å². The summed E-state index contributed by atoms with van der Waals surface area (Å²) in [7, 11) is 1.68. The van der Waals surface area contributed by atoms with Crippen molar-refractivity contribution in [3.8, 4) is 17.0 Å². The summed E-state index contributed by atoms with van der Waals surface area (Å²) >= 11 is 0. The number of rotatable bonds is 5. The summed E-state index contributed by atoms with van der Waals surface area (Å²) in [6, 6.07) is 18.5. The van der Waals surface area contributed by atoms with Crippen LogP contribution in [0.2, 0.25) is 0 Å². The Balaban J connectivity index is 1.63. The number of fused-ring (bicyclic) bond motifs is 1. The van der Waals surface area contributed by atoms with Gasteiger partial charge in [0, 0.05) is 23.3 Å². The number of aryl methyl sites for hydroxylation is 1. The molecule has 0 aliphatic carbocycles. The molecule has 2 heterocycles. The van der Waals surface area contributed by atoms with Crippen molar-refractivity contribution >= 4 is 16.7 Å². The summed E-state index contributed by atoms with van der Waals surface area (Å²) in [6.45, 7) is 4.02. The van der Waals surface area contributed by atoms with Crippen molar-refractivity contribution in [2.24, 2.45) is 0 Å². The largest absolute Gasteiger partial charge is 0.497 e. The Morgan fingerprint density at radius 3 is 2.78 bits per heavy atom. The molecule has 27 heavy (non-hydrogen) atoms. The molecule has 136 valence electrons. The molecule has 0 radical (unpaired) electrons. The van der Waals surface area contributed by atoms with Crippen molar-refractivity contribution in [3.63, 3.8) is 0 Å². The van der Waals surface area contributed by atoms with Crippen LogP contribution in [0.25, 0.3) is 22.2 Å². The lowest BCUT2D eigenvalue weighted by Gasteiger charge is -2.16. The number of aromatic amines is 1. The van der Waals surface area contributed by atoms with Gasteiger partial charge >= 0.3 is 0 Å². The van der Waals surface area contributed by atoms with E-state index in [1.807, 2.05) is 37.4 Å². The first-order valence-electron chi connectivity index (χ1n) is 8.96. The van der Waals surface area contributed by atoms with Crippen molar-refractivity contribution in [1.29, 1.82) is 0 Å². The fraction of sp³-hybridized carbons (Fsp3) is 0.182. The molecule has 0 amide bonds. The highest BCUT2D eigenvalue weighted by Crippen LogP contribution is 2.26. The first kappa shape index (κ1) is 17.1. The third kappa shape index (κ3) is 3.62. The molecular formula is C22H22N4O. The monoisotopic (exact) mass is 358 g/mol. The fourth-order valence-electron chi connectivity index (χ4n) is 3.21. The summed E-state index contributed by atoms with van der Waals surface area (Å²) in [6.07, 6.45) is 1.95. The summed E-state index contributed by atoms with van der Waals surface area (Å²) < 4.78 is 5.32. The van der Waals surface area contributed by atoms with E-state index in [0.29, 0.717) is 0 Å². The van der Waals surface area contributed by atoms with Gasteiger partial charge < -0.3 is 15.0 Å². The fourth-order valence-corrected chi connectivity index (χ4v) is 3.21. The van der Waals surface area contributed by atoms with Crippen LogP contribution in [-0.2, 0) is 0 Å². The molecule has 1 atom stereocenters. The van der Waals surface area contributed by atoms with E-state index >= 15 is 0 Å². The van der Waals surface area contributed by atoms with Gasteiger partial charge in [-0.3, -0.25) is 0 Å². The van der Waals surface area contributed by atoms with Crippen molar-refractivity contribution in [1.82, 2.24) is 15.0 Å². The average molecular weight is 358 g/mol. The first-order chi connectivity index (χ1) is 13.1. The number of methoxy groups -OCH3 is 1. The molecule has 2 N–H and O–H groups in total. The van der Waals surface area contributed by atoms with E-state index in [1.54, 1.807) is 7.11 Å². The van der Waals surface area contributed by atoms with Gasteiger partial charge in [0.1, 0.15) is 17.4 Å². The molecule has 4 aromatic rings. The van der Waals surface area contributed by atoms with Gasteiger partial charge in [-0.15, -0.1) is 0 Å². The number of aromatic nitrogens is 3. The summed E-state index contributed by atoms with van der Waals surface area (Å²) in [5.41, 5.74) is 4.20. The predicted molar refractivity (Wildman–Crippen MR) is 109 cm³/mol. The Hall–Kier alpha value is -3.34. The maximum absolute atomic E-state index is 5.32. The van der Waals surface area contributed by atoms with Gasteiger partial charge in [0.15, 0.2) is 0 Å². The summed E-state index contributed by atoms with van der Waals surface area (Å²) in [4.78, 5) is 12.4. The van der Waals surface area contributed by atoms with Crippen LogP contribution in [0, 0.1) is 6.92 Å². The molecule has 4 rings (SSSR count). The third-order valence-corrected chi connectivity index (χ3v) is 4.65. The Bertz CT molecular complexity index is 1090. The molecule has 0 spiro atoms. The van der Waals surface area contributed by atoms with Crippen LogP contribution in [0.1, 0.15) is 24.4 Å². The zero-order valence-corrected chi connectivity index (χ0v) is 15.7. The van der Waals surface area contributed by atoms with Gasteiger partial charge in [-0.1, -0.05) is 24.3 Å². The number of anilines is 1. The molecule has 1 unspecified atom stereocenters. The van der Waals surface area contributed by atoms with Crippen molar-refractivity contribution in [3.05, 3.63) is 72.2 Å². The predicted octanol–water partition coefficient (Wildman–Crippen LogP) is 5.12. The van der Waals surface area contributed by atoms with Crippen molar-refractivity contribution in [2.45, 2.75) is 19.9 Å². The van der Waals surface area contributed by atoms with Crippen molar-refractivity contribution in [2.75, 3.05) is 12.4 Å². The maximum Gasteiger partial charge on any atom is 0.130 e. The second kappa shape index (κ2) is 7.11. The second-order valence-corrected chi connectivity index (χ2v) is 6.61. The van der Waals surface area contributed by atoms with Crippen LogP contribution in [-0.4, -0.2) is 22.1 Å². The number of ether oxygens (including phenoxy) is 1. The normalized spacial score (nSPS) is 12.1. The lowest BCUT2D eigenvalue weighted by atomic mass is 10.1. The molecule has 2 aromatic carbocycles. The van der Waals surface area contributed by atoms with Crippen LogP contribution in [0.5, 0.6) is 5.75 Å². The molecule has 0 aliphatic heterocycles. The van der Waals surface area contributed by atoms with E-state index in [4.69, 9.17) is 4.74 Å². The van der Waals surface area contributed by atoms with Gasteiger partial charge in [0.25, 0.3) is 0 Å². The molecule has 0 bridgehead atoms. The minimum absolute atomic E-state index is 0.0909. The van der Waals surface area contributed by atoms with Crippen molar-refractivity contribution < 1.29 is 4.74 Å². The number of hydrogen-bond donors (Lipinski definition) is 2. The topological polar surface area (TPSA) is 62.8 Å². The molecule has 2 aromatic heterocycles. The number of benzene rings is 2. The molecule has 5 nitrogen and oxygen atoms in total. The highest BCUT2D eigenvalue weighted by molar-refractivity contribution is 5.84. The second-order valence-electron chi connectivity index (χ2n) is 6.61. The van der Waals surface area contributed by atoms with Gasteiger partial charge in [-0.2, -0.15) is 0 Å². The lowest BCUT2D eigenvalue weighted by Crippen LogP contribution is -2.09. The smallest absolute Gasteiger partial charge is 0.130 e. The van der Waals surface area contributed by atoms with Crippen LogP contribution in [0.3, 0.4) is 0 Å². The number of nitrogens with one attached hydrogen (secondary N) is 2. The Labute approximate surface area is 158 Å². The molecule has 0 aliphatic rings. The molecule has 0 saturated heterocycles. The number of hydrogen-bond acceptors (Lipinski definition) is 4. The van der Waals surface area contributed by atoms with Gasteiger partial charge in [0.2, 0.25) is 0 Å². The lowest BCUT2D eigenvalue weighted by molar-refractivity contribution is 0.414. The number of H-pyrrole nitrogens is 1. The third-order valence-electron chi connectivity index (χ3n) is 4.65. The van der Waals surface area contributed by atoms with E-state index in [-0.39, 0.29) is 6.04 Å². The van der Waals surface area contributed by atoms with E-state index < -0.39 is 0 Å². The zero-order valence-electron chi connectivity index (χ0n) is 15.7. The maximum atomic E-state index is 5.32. The minimum atomic E-state index is 0.0909. The molecule has 0 saturated carbocycles. The zero-order chi connectivity index (χ0) is 18.8. The van der Waals surface area contributed by atoms with Gasteiger partial charge in [-0.05, 0) is 49.1 Å². The number of nitrogens with zero attached hydrogens (tertiary/aromatic N) is 2. The molecule has 0 fully saturated rings. The van der Waals surface area contributed by atoms with Gasteiger partial charge in [-0.25, -0.2) is 9.97 Å². The highest BCUT2D eigenvalue weighted by Gasteiger charge is 2.10. The van der Waals surface area contributed by atoms with E-state index in [1.165, 1.54) is 5.39 Å². The molecular weight excluding hydrogens is 336 g/mol. The Kier molecular flexibility index (Phi) is 4.50. The highest BCUT2D eigenvalue weighted by atomic mass is 16.5. The van der Waals surface area contributed by atoms with Crippen LogP contribution in [0.15, 0.2) is 60.8 Å². The quantitative estimate of drug-likeness (QED) is 0.520. The average Bonchev–Trinajstić information content (AvgIpc) is 3.15. The Morgan fingerprint density at radius 1 is 1.04 bits per heavy atom. The summed E-state index contributed by atoms with van der Waals surface area (Å²) in [5, 5.41) is 4.67. The van der Waals surface area contributed by atoms with E-state index in [0.717, 1.165) is 39.7 Å². The van der Waals surface area contributed by atoms with E-state index in [9.17, 15) is 0 Å². The Morgan fingerprint density at radius 2 is 1.93 bits per heavy atom. The standard InChI is InChI=1S/C22H22N4O/c1-14(17-5-4-6-19(11-17)27-3)24-22-13-21(25-15(2)26-22)18-8-7-16-9-10-23-20(16)12-18/h4-14,23H,1-3H3,(H,24,25,26). The first-order valence-corrected chi connectivity index (χ1v) is 8.96.